The first-order valence-corrected chi connectivity index (χ1v) is 9.47. The smallest absolute Gasteiger partial charge is 0.191 e. The van der Waals surface area contributed by atoms with Crippen molar-refractivity contribution in [3.05, 3.63) is 44.3 Å². The molecule has 0 amide bonds. The van der Waals surface area contributed by atoms with Crippen LogP contribution in [-0.4, -0.2) is 31.6 Å². The number of methoxy groups -OCH3 is 1. The van der Waals surface area contributed by atoms with Crippen molar-refractivity contribution in [2.24, 2.45) is 4.99 Å². The zero-order valence-corrected chi connectivity index (χ0v) is 16.6. The highest BCUT2D eigenvalue weighted by molar-refractivity contribution is 9.10. The molecule has 0 saturated heterocycles. The Morgan fingerprint density at radius 1 is 1.38 bits per heavy atom. The molecule has 1 aromatic carbocycles. The van der Waals surface area contributed by atoms with Crippen LogP contribution in [0.15, 0.2) is 33.9 Å². The summed E-state index contributed by atoms with van der Waals surface area (Å²) in [6.07, 6.45) is 3.92. The maximum Gasteiger partial charge on any atom is 0.191 e. The van der Waals surface area contributed by atoms with Crippen molar-refractivity contribution < 1.29 is 4.74 Å². The second-order valence-corrected chi connectivity index (χ2v) is 7.20. The molecule has 2 aromatic rings. The lowest BCUT2D eigenvalue weighted by molar-refractivity contribution is 0.412. The van der Waals surface area contributed by atoms with Crippen LogP contribution in [0.2, 0.25) is 0 Å². The number of guanidine groups is 1. The van der Waals surface area contributed by atoms with Crippen LogP contribution in [0.1, 0.15) is 22.4 Å². The Morgan fingerprint density at radius 3 is 2.83 bits per heavy atom. The molecule has 1 aromatic heterocycles. The topological polar surface area (TPSA) is 58.5 Å². The molecule has 7 heteroatoms. The average Bonchev–Trinajstić information content (AvgIpc) is 3.06. The number of benzene rings is 1. The highest BCUT2D eigenvalue weighted by Gasteiger charge is 2.04. The Kier molecular flexibility index (Phi) is 7.52. The van der Waals surface area contributed by atoms with Crippen LogP contribution in [0.5, 0.6) is 5.75 Å². The lowest BCUT2D eigenvalue weighted by Gasteiger charge is -2.12. The van der Waals surface area contributed by atoms with Gasteiger partial charge in [0.15, 0.2) is 5.96 Å². The van der Waals surface area contributed by atoms with E-state index < -0.39 is 0 Å². The van der Waals surface area contributed by atoms with Gasteiger partial charge in [0.25, 0.3) is 0 Å². The number of aliphatic imine (C=N–C) groups is 1. The quantitative estimate of drug-likeness (QED) is 0.542. The van der Waals surface area contributed by atoms with Gasteiger partial charge in [-0.05, 0) is 40.0 Å². The Balaban J connectivity index is 1.78. The molecule has 0 spiro atoms. The summed E-state index contributed by atoms with van der Waals surface area (Å²) in [7, 11) is 3.44. The Morgan fingerprint density at radius 2 is 2.21 bits per heavy atom. The molecule has 0 fully saturated rings. The van der Waals surface area contributed by atoms with Crippen molar-refractivity contribution in [2.45, 2.75) is 26.3 Å². The molecule has 0 radical (unpaired) electrons. The molecule has 5 nitrogen and oxygen atoms in total. The van der Waals surface area contributed by atoms with Crippen molar-refractivity contribution in [3.8, 4) is 5.75 Å². The Labute approximate surface area is 155 Å². The average molecular weight is 411 g/mol. The minimum absolute atomic E-state index is 0.694. The molecule has 2 N–H and O–H groups in total. The molecule has 0 unspecified atom stereocenters. The normalized spacial score (nSPS) is 11.4. The van der Waals surface area contributed by atoms with E-state index in [1.165, 1.54) is 4.88 Å². The van der Waals surface area contributed by atoms with Crippen LogP contribution in [0.3, 0.4) is 0 Å². The maximum atomic E-state index is 5.24. The summed E-state index contributed by atoms with van der Waals surface area (Å²) in [5.41, 5.74) is 1.15. The fourth-order valence-corrected chi connectivity index (χ4v) is 3.59. The number of thiazole rings is 1. The zero-order valence-electron chi connectivity index (χ0n) is 14.2. The number of nitrogens with zero attached hydrogens (tertiary/aromatic N) is 2. The first-order chi connectivity index (χ1) is 11.7. The van der Waals surface area contributed by atoms with E-state index >= 15 is 0 Å². The Hall–Kier alpha value is -1.60. The summed E-state index contributed by atoms with van der Waals surface area (Å²) in [6, 6.07) is 6.03. The van der Waals surface area contributed by atoms with Gasteiger partial charge in [0.2, 0.25) is 0 Å². The van der Waals surface area contributed by atoms with Crippen LogP contribution >= 0.6 is 27.3 Å². The van der Waals surface area contributed by atoms with Crippen molar-refractivity contribution in [1.29, 1.82) is 0 Å². The largest absolute Gasteiger partial charge is 0.496 e. The van der Waals surface area contributed by atoms with Crippen LogP contribution in [-0.2, 0) is 19.4 Å². The van der Waals surface area contributed by atoms with E-state index in [1.54, 1.807) is 25.5 Å². The molecular formula is C17H23BrN4OS. The zero-order chi connectivity index (χ0) is 17.4. The van der Waals surface area contributed by atoms with Gasteiger partial charge in [-0.25, -0.2) is 4.98 Å². The lowest BCUT2D eigenvalue weighted by atomic mass is 10.2. The van der Waals surface area contributed by atoms with Crippen LogP contribution in [0, 0.1) is 0 Å². The third-order valence-electron chi connectivity index (χ3n) is 3.48. The van der Waals surface area contributed by atoms with Gasteiger partial charge in [-0.2, -0.15) is 0 Å². The van der Waals surface area contributed by atoms with Gasteiger partial charge in [-0.15, -0.1) is 11.3 Å². The lowest BCUT2D eigenvalue weighted by Crippen LogP contribution is -2.37. The minimum Gasteiger partial charge on any atom is -0.496 e. The summed E-state index contributed by atoms with van der Waals surface area (Å²) < 4.78 is 6.19. The van der Waals surface area contributed by atoms with E-state index in [2.05, 4.69) is 43.5 Å². The predicted octanol–water partition coefficient (Wildman–Crippen LogP) is 3.38. The Bertz CT molecular complexity index is 687. The fourth-order valence-electron chi connectivity index (χ4n) is 2.14. The van der Waals surface area contributed by atoms with E-state index in [0.29, 0.717) is 6.54 Å². The molecule has 0 aliphatic rings. The standard InChI is InChI=1S/C17H23BrN4OS/c1-4-13-11-21-16(24-13)7-8-20-17(19-2)22-10-12-5-6-15(23-3)14(18)9-12/h5-6,9,11H,4,7-8,10H2,1-3H3,(H2,19,20,22). The van der Waals surface area contributed by atoms with Gasteiger partial charge < -0.3 is 15.4 Å². The third-order valence-corrected chi connectivity index (χ3v) is 5.30. The van der Waals surface area contributed by atoms with Gasteiger partial charge in [0.05, 0.1) is 16.6 Å². The molecule has 2 rings (SSSR count). The minimum atomic E-state index is 0.694. The highest BCUT2D eigenvalue weighted by atomic mass is 79.9. The number of ether oxygens (including phenoxy) is 1. The monoisotopic (exact) mass is 410 g/mol. The summed E-state index contributed by atoms with van der Waals surface area (Å²) >= 11 is 5.28. The van der Waals surface area contributed by atoms with E-state index in [1.807, 2.05) is 24.4 Å². The summed E-state index contributed by atoms with van der Waals surface area (Å²) in [4.78, 5) is 10.0. The molecule has 0 saturated carbocycles. The number of aryl methyl sites for hydroxylation is 1. The molecule has 0 aliphatic heterocycles. The van der Waals surface area contributed by atoms with Crippen LogP contribution in [0.25, 0.3) is 0 Å². The van der Waals surface area contributed by atoms with E-state index in [0.717, 1.165) is 46.1 Å². The van der Waals surface area contributed by atoms with Crippen molar-refractivity contribution in [3.63, 3.8) is 0 Å². The van der Waals surface area contributed by atoms with Crippen LogP contribution in [0.4, 0.5) is 0 Å². The second kappa shape index (κ2) is 9.64. The molecule has 130 valence electrons. The molecule has 24 heavy (non-hydrogen) atoms. The van der Waals surface area contributed by atoms with Gasteiger partial charge in [-0.1, -0.05) is 13.0 Å². The maximum absolute atomic E-state index is 5.24. The molecule has 1 heterocycles. The molecular weight excluding hydrogens is 388 g/mol. The number of aromatic nitrogens is 1. The number of hydrogen-bond donors (Lipinski definition) is 2. The second-order valence-electron chi connectivity index (χ2n) is 5.15. The van der Waals surface area contributed by atoms with Gasteiger partial charge in [0.1, 0.15) is 5.75 Å². The summed E-state index contributed by atoms with van der Waals surface area (Å²) in [5, 5.41) is 7.80. The predicted molar refractivity (Wildman–Crippen MR) is 104 cm³/mol. The number of rotatable bonds is 7. The van der Waals surface area contributed by atoms with Gasteiger partial charge >= 0.3 is 0 Å². The number of nitrogens with one attached hydrogen (secondary N) is 2. The fraction of sp³-hybridized carbons (Fsp3) is 0.412. The van der Waals surface area contributed by atoms with Crippen LogP contribution < -0.4 is 15.4 Å². The SMILES string of the molecule is CCc1cnc(CCNC(=NC)NCc2ccc(OC)c(Br)c2)s1. The third kappa shape index (κ3) is 5.49. The number of hydrogen-bond acceptors (Lipinski definition) is 4. The first kappa shape index (κ1) is 18.7. The molecule has 0 atom stereocenters. The van der Waals surface area contributed by atoms with Crippen molar-refractivity contribution in [2.75, 3.05) is 20.7 Å². The van der Waals surface area contributed by atoms with E-state index in [-0.39, 0.29) is 0 Å². The van der Waals surface area contributed by atoms with Gasteiger partial charge in [-0.3, -0.25) is 4.99 Å². The molecule has 0 bridgehead atoms. The van der Waals surface area contributed by atoms with E-state index in [9.17, 15) is 0 Å². The summed E-state index contributed by atoms with van der Waals surface area (Å²) in [5.74, 6) is 1.62. The molecule has 0 aliphatic carbocycles. The summed E-state index contributed by atoms with van der Waals surface area (Å²) in [6.45, 7) is 3.65. The van der Waals surface area contributed by atoms with Crippen molar-refractivity contribution >= 4 is 33.2 Å². The van der Waals surface area contributed by atoms with Crippen molar-refractivity contribution in [1.82, 2.24) is 15.6 Å². The first-order valence-electron chi connectivity index (χ1n) is 7.86. The number of halogens is 1. The van der Waals surface area contributed by atoms with E-state index in [4.69, 9.17) is 4.74 Å². The van der Waals surface area contributed by atoms with Gasteiger partial charge in [0, 0.05) is 37.6 Å². The highest BCUT2D eigenvalue weighted by Crippen LogP contribution is 2.25.